The van der Waals surface area contributed by atoms with Gasteiger partial charge >= 0.3 is 0 Å². The highest BCUT2D eigenvalue weighted by atomic mass is 16.3. The second-order valence-corrected chi connectivity index (χ2v) is 8.78. The Kier molecular flexibility index (Phi) is 7.25. The van der Waals surface area contributed by atoms with Gasteiger partial charge in [-0.25, -0.2) is 4.68 Å². The Morgan fingerprint density at radius 2 is 1.86 bits per heavy atom. The van der Waals surface area contributed by atoms with Crippen LogP contribution in [0.15, 0.2) is 42.7 Å². The van der Waals surface area contributed by atoms with Crippen LogP contribution in [0.2, 0.25) is 0 Å². The summed E-state index contributed by atoms with van der Waals surface area (Å²) in [4.78, 5) is 16.7. The maximum atomic E-state index is 10.6. The zero-order valence-electron chi connectivity index (χ0n) is 19.7. The molecule has 1 saturated heterocycles. The lowest BCUT2D eigenvalue weighted by Gasteiger charge is -2.32. The van der Waals surface area contributed by atoms with E-state index in [1.165, 1.54) is 18.5 Å². The molecule has 188 valence electrons. The van der Waals surface area contributed by atoms with E-state index in [4.69, 9.17) is 19.8 Å². The number of aryl methyl sites for hydroxylation is 1. The van der Waals surface area contributed by atoms with Crippen molar-refractivity contribution in [1.29, 1.82) is 0 Å². The number of phenolic OH excluding ortho intramolecular Hbond substituents is 1. The monoisotopic (exact) mass is 493 g/mol. The molecule has 0 radical (unpaired) electrons. The molecule has 12 heteroatoms. The van der Waals surface area contributed by atoms with Crippen molar-refractivity contribution in [2.45, 2.75) is 44.2 Å². The summed E-state index contributed by atoms with van der Waals surface area (Å²) in [6.45, 7) is 2.70. The van der Waals surface area contributed by atoms with Gasteiger partial charge in [-0.2, -0.15) is 0 Å². The van der Waals surface area contributed by atoms with Gasteiger partial charge < -0.3 is 25.2 Å². The minimum Gasteiger partial charge on any atom is -0.507 e. The number of carbonyl (C=O) groups is 2. The topological polar surface area (TPSA) is 168 Å². The van der Waals surface area contributed by atoms with E-state index in [9.17, 15) is 5.11 Å². The Labute approximate surface area is 206 Å². The molecule has 1 saturated carbocycles. The summed E-state index contributed by atoms with van der Waals surface area (Å²) >= 11 is 0. The van der Waals surface area contributed by atoms with Gasteiger partial charge in [0.1, 0.15) is 5.75 Å². The minimum atomic E-state index is -0.250. The van der Waals surface area contributed by atoms with E-state index in [-0.39, 0.29) is 18.7 Å². The number of aromatic nitrogens is 6. The fourth-order valence-electron chi connectivity index (χ4n) is 4.85. The van der Waals surface area contributed by atoms with E-state index >= 15 is 0 Å². The predicted molar refractivity (Wildman–Crippen MR) is 130 cm³/mol. The van der Waals surface area contributed by atoms with Crippen molar-refractivity contribution in [2.75, 3.05) is 6.54 Å². The highest BCUT2D eigenvalue weighted by molar-refractivity contribution is 5.82. The summed E-state index contributed by atoms with van der Waals surface area (Å²) in [5, 5.41) is 46.0. The third-order valence-corrected chi connectivity index (χ3v) is 6.54. The number of hydrogen-bond acceptors (Lipinski definition) is 8. The van der Waals surface area contributed by atoms with Crippen LogP contribution in [0.1, 0.15) is 37.4 Å². The van der Waals surface area contributed by atoms with Gasteiger partial charge in [-0.1, -0.05) is 5.21 Å². The van der Waals surface area contributed by atoms with Gasteiger partial charge in [0.25, 0.3) is 12.9 Å². The summed E-state index contributed by atoms with van der Waals surface area (Å²) in [6.07, 6.45) is 8.16. The van der Waals surface area contributed by atoms with E-state index in [1.54, 1.807) is 23.1 Å². The lowest BCUT2D eigenvalue weighted by molar-refractivity contribution is -0.123. The molecule has 4 heterocycles. The fourth-order valence-corrected chi connectivity index (χ4v) is 4.85. The number of nitrogens with one attached hydrogen (secondary N) is 1. The molecule has 1 atom stereocenters. The number of fused-ring (bicyclic) bond motifs is 1. The second kappa shape index (κ2) is 10.5. The Hall–Kier alpha value is -4.32. The van der Waals surface area contributed by atoms with Crippen LogP contribution < -0.4 is 5.32 Å². The number of rotatable bonds is 3. The highest BCUT2D eigenvalue weighted by Gasteiger charge is 2.46. The largest absolute Gasteiger partial charge is 0.507 e. The van der Waals surface area contributed by atoms with Crippen LogP contribution >= 0.6 is 0 Å². The van der Waals surface area contributed by atoms with E-state index < -0.39 is 0 Å². The molecule has 0 bridgehead atoms. The van der Waals surface area contributed by atoms with Crippen LogP contribution in [-0.2, 0) is 9.59 Å². The van der Waals surface area contributed by atoms with E-state index in [0.29, 0.717) is 22.8 Å². The first-order valence-electron chi connectivity index (χ1n) is 11.4. The average Bonchev–Trinajstić information content (AvgIpc) is 3.25. The Morgan fingerprint density at radius 3 is 2.50 bits per heavy atom. The van der Waals surface area contributed by atoms with Crippen LogP contribution in [-0.4, -0.2) is 70.1 Å². The van der Waals surface area contributed by atoms with Gasteiger partial charge in [0.15, 0.2) is 5.65 Å². The summed E-state index contributed by atoms with van der Waals surface area (Å²) in [7, 11) is 0. The van der Waals surface area contributed by atoms with E-state index in [2.05, 4.69) is 43.4 Å². The normalized spacial score (nSPS) is 17.4. The molecular weight excluding hydrogens is 466 g/mol. The third kappa shape index (κ3) is 5.03. The molecule has 4 N–H and O–H groups in total. The smallest absolute Gasteiger partial charge is 0.290 e. The predicted octanol–water partition coefficient (Wildman–Crippen LogP) is 2.55. The first kappa shape index (κ1) is 24.8. The molecule has 4 aromatic rings. The molecule has 1 aromatic carbocycles. The quantitative estimate of drug-likeness (QED) is 0.311. The summed E-state index contributed by atoms with van der Waals surface area (Å²) < 4.78 is 3.97. The van der Waals surface area contributed by atoms with E-state index in [1.807, 2.05) is 18.2 Å². The maximum Gasteiger partial charge on any atom is 0.290 e. The Bertz CT molecular complexity index is 1340. The van der Waals surface area contributed by atoms with E-state index in [0.717, 1.165) is 36.1 Å². The van der Waals surface area contributed by atoms with Gasteiger partial charge in [-0.15, -0.1) is 15.3 Å². The maximum absolute atomic E-state index is 10.6. The Balaban J connectivity index is 0.000000464. The fraction of sp³-hybridized carbons (Fsp3) is 0.333. The molecule has 3 aromatic heterocycles. The summed E-state index contributed by atoms with van der Waals surface area (Å²) in [5.41, 5.74) is 4.55. The van der Waals surface area contributed by atoms with Crippen LogP contribution in [0.25, 0.3) is 28.0 Å². The number of carboxylic acid groups (broad SMARTS) is 2. The van der Waals surface area contributed by atoms with Gasteiger partial charge in [-0.05, 0) is 63.4 Å². The highest BCUT2D eigenvalue weighted by Crippen LogP contribution is 2.46. The van der Waals surface area contributed by atoms with Crippen molar-refractivity contribution >= 4 is 24.0 Å². The number of aromatic hydroxyl groups is 1. The summed E-state index contributed by atoms with van der Waals surface area (Å²) in [5.74, 6) is 0.141. The molecular formula is C24H27N7O5. The van der Waals surface area contributed by atoms with Gasteiger partial charge in [-0.3, -0.25) is 9.59 Å². The van der Waals surface area contributed by atoms with Crippen LogP contribution in [0.4, 0.5) is 0 Å². The van der Waals surface area contributed by atoms with Crippen molar-refractivity contribution in [1.82, 2.24) is 35.1 Å². The van der Waals surface area contributed by atoms with Crippen molar-refractivity contribution < 1.29 is 24.9 Å². The number of benzene rings is 1. The average molecular weight is 494 g/mol. The number of phenols is 1. The molecule has 36 heavy (non-hydrogen) atoms. The Morgan fingerprint density at radius 1 is 1.11 bits per heavy atom. The first-order chi connectivity index (χ1) is 17.4. The van der Waals surface area contributed by atoms with Crippen LogP contribution in [0.5, 0.6) is 5.75 Å². The summed E-state index contributed by atoms with van der Waals surface area (Å²) in [6, 6.07) is 10.0. The van der Waals surface area contributed by atoms with Crippen molar-refractivity contribution in [3.05, 3.63) is 48.4 Å². The third-order valence-electron chi connectivity index (χ3n) is 6.54. The molecule has 1 aliphatic carbocycles. The molecule has 6 rings (SSSR count). The zero-order chi connectivity index (χ0) is 25.7. The van der Waals surface area contributed by atoms with Crippen LogP contribution in [0, 0.1) is 6.92 Å². The lowest BCUT2D eigenvalue weighted by atomic mass is 9.97. The molecule has 2 aliphatic rings. The zero-order valence-corrected chi connectivity index (χ0v) is 19.7. The molecule has 12 nitrogen and oxygen atoms in total. The second-order valence-electron chi connectivity index (χ2n) is 8.78. The lowest BCUT2D eigenvalue weighted by Crippen LogP contribution is -2.40. The van der Waals surface area contributed by atoms with Gasteiger partial charge in [0.2, 0.25) is 0 Å². The van der Waals surface area contributed by atoms with Crippen molar-refractivity contribution in [2.24, 2.45) is 0 Å². The number of piperidine rings is 1. The molecule has 1 aliphatic heterocycles. The molecule has 1 spiro atoms. The molecule has 0 amide bonds. The first-order valence-corrected chi connectivity index (χ1v) is 11.4. The van der Waals surface area contributed by atoms with Crippen molar-refractivity contribution in [3.63, 3.8) is 0 Å². The van der Waals surface area contributed by atoms with Gasteiger partial charge in [0.05, 0.1) is 23.8 Å². The standard InChI is InChI=1S/C22H23N7O.2CH2O2/c1-14-10-15-11-19(18-3-2-16(12-20(18)30)28-9-8-24-27-28)25-26-21(15)29(14)17-4-7-23-22(13-17)5-6-22;2*2-1-3/h2-3,8-12,17,23,30H,4-7,13H2,1H3;2*1H,(H,2,3). The van der Waals surface area contributed by atoms with Crippen molar-refractivity contribution in [3.8, 4) is 22.7 Å². The SMILES string of the molecule is Cc1cc2cc(-c3ccc(-n4ccnn4)cc3O)nnc2n1C1CCNC2(CC2)C1.O=CO.O=CO. The minimum absolute atomic E-state index is 0.141. The number of nitrogens with zero attached hydrogens (tertiary/aromatic N) is 6. The number of hydrogen-bond donors (Lipinski definition) is 4. The van der Waals surface area contributed by atoms with Gasteiger partial charge in [0, 0.05) is 34.3 Å². The molecule has 1 unspecified atom stereocenters. The van der Waals surface area contributed by atoms with Crippen LogP contribution in [0.3, 0.4) is 0 Å². The molecule has 2 fully saturated rings.